The van der Waals surface area contributed by atoms with Crippen LogP contribution in [0.2, 0.25) is 0 Å². The first-order valence-electron chi connectivity index (χ1n) is 8.60. The molecule has 0 saturated carbocycles. The number of fused-ring (bicyclic) bond motifs is 3. The molecule has 3 atom stereocenters. The first-order valence-corrected chi connectivity index (χ1v) is 8.60. The first kappa shape index (κ1) is 15.3. The van der Waals surface area contributed by atoms with Gasteiger partial charge < -0.3 is 9.64 Å². The predicted octanol–water partition coefficient (Wildman–Crippen LogP) is 4.06. The van der Waals surface area contributed by atoms with Gasteiger partial charge in [-0.1, -0.05) is 35.9 Å². The summed E-state index contributed by atoms with van der Waals surface area (Å²) in [4.78, 5) is 14.2. The van der Waals surface area contributed by atoms with E-state index in [1.165, 1.54) is 22.3 Å². The molecule has 0 bridgehead atoms. The van der Waals surface area contributed by atoms with Gasteiger partial charge in [0.2, 0.25) is 5.91 Å². The fourth-order valence-corrected chi connectivity index (χ4v) is 4.50. The lowest BCUT2D eigenvalue weighted by atomic mass is 9.79. The minimum Gasteiger partial charge on any atom is -0.497 e. The van der Waals surface area contributed by atoms with E-state index in [0.717, 1.165) is 12.2 Å². The second-order valence-electron chi connectivity index (χ2n) is 7.04. The maximum Gasteiger partial charge on any atom is 0.222 e. The summed E-state index contributed by atoms with van der Waals surface area (Å²) in [6.45, 7) is 2.12. The van der Waals surface area contributed by atoms with Crippen LogP contribution >= 0.6 is 0 Å². The Balaban J connectivity index is 1.87. The molecule has 3 heteroatoms. The van der Waals surface area contributed by atoms with Crippen molar-refractivity contribution in [3.05, 3.63) is 64.7 Å². The molecule has 0 unspecified atom stereocenters. The highest BCUT2D eigenvalue weighted by atomic mass is 16.5. The number of benzene rings is 2. The van der Waals surface area contributed by atoms with E-state index in [2.05, 4.69) is 43.3 Å². The average molecular weight is 321 g/mol. The number of ether oxygens (including phenoxy) is 1. The van der Waals surface area contributed by atoms with Crippen molar-refractivity contribution >= 4 is 5.91 Å². The van der Waals surface area contributed by atoms with Crippen LogP contribution in [0.25, 0.3) is 0 Å². The smallest absolute Gasteiger partial charge is 0.222 e. The number of rotatable bonds is 2. The van der Waals surface area contributed by atoms with Crippen LogP contribution in [0.15, 0.2) is 42.5 Å². The molecule has 124 valence electrons. The molecule has 0 aromatic heterocycles. The van der Waals surface area contributed by atoms with Crippen molar-refractivity contribution < 1.29 is 9.53 Å². The second-order valence-corrected chi connectivity index (χ2v) is 7.04. The SMILES string of the molecule is COc1ccc2c(c1)[C@H](c1ccc(C)cc1)[C@@H]1CCC(=O)N(C)[C@H]21. The number of hydrogen-bond donors (Lipinski definition) is 0. The Morgan fingerprint density at radius 1 is 1.08 bits per heavy atom. The van der Waals surface area contributed by atoms with Crippen molar-refractivity contribution in [3.63, 3.8) is 0 Å². The summed E-state index contributed by atoms with van der Waals surface area (Å²) < 4.78 is 5.46. The van der Waals surface area contributed by atoms with Crippen LogP contribution in [-0.4, -0.2) is 25.0 Å². The van der Waals surface area contributed by atoms with Gasteiger partial charge in [0.25, 0.3) is 0 Å². The number of hydrogen-bond acceptors (Lipinski definition) is 2. The van der Waals surface area contributed by atoms with E-state index in [-0.39, 0.29) is 11.9 Å². The minimum absolute atomic E-state index is 0.179. The van der Waals surface area contributed by atoms with Gasteiger partial charge in [0.15, 0.2) is 0 Å². The van der Waals surface area contributed by atoms with E-state index in [4.69, 9.17) is 4.74 Å². The molecule has 2 aliphatic rings. The number of nitrogens with zero attached hydrogens (tertiary/aromatic N) is 1. The first-order chi connectivity index (χ1) is 11.6. The molecule has 1 aliphatic carbocycles. The molecule has 1 fully saturated rings. The molecule has 4 rings (SSSR count). The molecule has 1 saturated heterocycles. The minimum atomic E-state index is 0.179. The van der Waals surface area contributed by atoms with Crippen LogP contribution in [-0.2, 0) is 4.79 Å². The molecule has 0 N–H and O–H groups in total. The molecule has 2 aromatic carbocycles. The fraction of sp³-hybridized carbons (Fsp3) is 0.381. The third-order valence-corrected chi connectivity index (χ3v) is 5.72. The largest absolute Gasteiger partial charge is 0.497 e. The third-order valence-electron chi connectivity index (χ3n) is 5.72. The second kappa shape index (κ2) is 5.66. The molecule has 0 radical (unpaired) electrons. The van der Waals surface area contributed by atoms with Crippen molar-refractivity contribution in [2.75, 3.05) is 14.2 Å². The van der Waals surface area contributed by atoms with Crippen molar-refractivity contribution in [3.8, 4) is 5.75 Å². The van der Waals surface area contributed by atoms with Gasteiger partial charge >= 0.3 is 0 Å². The Labute approximate surface area is 143 Å². The third kappa shape index (κ3) is 2.22. The lowest BCUT2D eigenvalue weighted by molar-refractivity contribution is -0.136. The summed E-state index contributed by atoms with van der Waals surface area (Å²) >= 11 is 0. The summed E-state index contributed by atoms with van der Waals surface area (Å²) in [6.07, 6.45) is 1.59. The summed E-state index contributed by atoms with van der Waals surface area (Å²) in [5.41, 5.74) is 5.21. The number of likely N-dealkylation sites (tertiary alicyclic amines) is 1. The molecule has 0 spiro atoms. The number of piperidine rings is 1. The van der Waals surface area contributed by atoms with Gasteiger partial charge in [0.05, 0.1) is 13.2 Å². The Bertz CT molecular complexity index is 781. The van der Waals surface area contributed by atoms with Crippen molar-refractivity contribution in [2.24, 2.45) is 5.92 Å². The Hall–Kier alpha value is -2.29. The van der Waals surface area contributed by atoms with Crippen LogP contribution in [0.4, 0.5) is 0 Å². The number of aryl methyl sites for hydroxylation is 1. The van der Waals surface area contributed by atoms with Crippen LogP contribution < -0.4 is 4.74 Å². The number of carbonyl (C=O) groups is 1. The average Bonchev–Trinajstić information content (AvgIpc) is 2.93. The van der Waals surface area contributed by atoms with E-state index in [0.29, 0.717) is 18.3 Å². The standard InChI is InChI=1S/C21H23NO2/c1-13-4-6-14(7-5-13)20-17-10-11-19(23)22(2)21(17)16-9-8-15(24-3)12-18(16)20/h4-9,12,17,20-21H,10-11H2,1-3H3/t17-,20+,21+/m0/s1. The zero-order valence-electron chi connectivity index (χ0n) is 14.5. The number of carbonyl (C=O) groups excluding carboxylic acids is 1. The van der Waals surface area contributed by atoms with Gasteiger partial charge in [0, 0.05) is 19.4 Å². The number of methoxy groups -OCH3 is 1. The Kier molecular flexibility index (Phi) is 3.60. The summed E-state index contributed by atoms with van der Waals surface area (Å²) in [5.74, 6) is 1.91. The summed E-state index contributed by atoms with van der Waals surface area (Å²) in [7, 11) is 3.66. The fourth-order valence-electron chi connectivity index (χ4n) is 4.50. The summed E-state index contributed by atoms with van der Waals surface area (Å²) in [5, 5.41) is 0. The van der Waals surface area contributed by atoms with E-state index in [1.807, 2.05) is 18.0 Å². The maximum absolute atomic E-state index is 12.3. The van der Waals surface area contributed by atoms with Gasteiger partial charge in [0.1, 0.15) is 5.75 Å². The van der Waals surface area contributed by atoms with E-state index in [9.17, 15) is 4.79 Å². The van der Waals surface area contributed by atoms with E-state index >= 15 is 0 Å². The Morgan fingerprint density at radius 2 is 1.83 bits per heavy atom. The van der Waals surface area contributed by atoms with Crippen LogP contribution in [0.3, 0.4) is 0 Å². The molecule has 1 amide bonds. The van der Waals surface area contributed by atoms with Crippen molar-refractivity contribution in [1.29, 1.82) is 0 Å². The highest BCUT2D eigenvalue weighted by Crippen LogP contribution is 2.55. The van der Waals surface area contributed by atoms with Gasteiger partial charge in [-0.15, -0.1) is 0 Å². The molecule has 2 aromatic rings. The Morgan fingerprint density at radius 3 is 2.54 bits per heavy atom. The molecular weight excluding hydrogens is 298 g/mol. The highest BCUT2D eigenvalue weighted by molar-refractivity contribution is 5.78. The lowest BCUT2D eigenvalue weighted by Gasteiger charge is -2.37. The molecule has 1 heterocycles. The van der Waals surface area contributed by atoms with Gasteiger partial charge in [-0.25, -0.2) is 0 Å². The van der Waals surface area contributed by atoms with E-state index < -0.39 is 0 Å². The van der Waals surface area contributed by atoms with Crippen LogP contribution in [0, 0.1) is 12.8 Å². The predicted molar refractivity (Wildman–Crippen MR) is 94.3 cm³/mol. The molecule has 24 heavy (non-hydrogen) atoms. The molecule has 3 nitrogen and oxygen atoms in total. The maximum atomic E-state index is 12.3. The normalized spacial score (nSPS) is 25.4. The lowest BCUT2D eigenvalue weighted by Crippen LogP contribution is -2.39. The number of amides is 1. The van der Waals surface area contributed by atoms with Crippen LogP contribution in [0.1, 0.15) is 47.1 Å². The van der Waals surface area contributed by atoms with Gasteiger partial charge in [-0.3, -0.25) is 4.79 Å². The van der Waals surface area contributed by atoms with Crippen molar-refractivity contribution in [2.45, 2.75) is 31.7 Å². The quantitative estimate of drug-likeness (QED) is 0.835. The van der Waals surface area contributed by atoms with Crippen molar-refractivity contribution in [1.82, 2.24) is 4.90 Å². The van der Waals surface area contributed by atoms with Gasteiger partial charge in [-0.2, -0.15) is 0 Å². The zero-order valence-corrected chi connectivity index (χ0v) is 14.5. The van der Waals surface area contributed by atoms with Crippen LogP contribution in [0.5, 0.6) is 5.75 Å². The highest BCUT2D eigenvalue weighted by Gasteiger charge is 2.46. The van der Waals surface area contributed by atoms with E-state index in [1.54, 1.807) is 7.11 Å². The van der Waals surface area contributed by atoms with Gasteiger partial charge in [-0.05, 0) is 48.1 Å². The zero-order chi connectivity index (χ0) is 16.8. The molecular formula is C21H23NO2. The summed E-state index contributed by atoms with van der Waals surface area (Å²) in [6, 6.07) is 15.3. The molecule has 1 aliphatic heterocycles. The monoisotopic (exact) mass is 321 g/mol. The topological polar surface area (TPSA) is 29.5 Å².